The first-order valence-electron chi connectivity index (χ1n) is 5.00. The Labute approximate surface area is 92.6 Å². The zero-order chi connectivity index (χ0) is 9.80. The lowest BCUT2D eigenvalue weighted by Gasteiger charge is -2.26. The quantitative estimate of drug-likeness (QED) is 0.891. The fraction of sp³-hybridized carbons (Fsp3) is 0.600. The van der Waals surface area contributed by atoms with E-state index in [9.17, 15) is 0 Å². The summed E-state index contributed by atoms with van der Waals surface area (Å²) in [5.41, 5.74) is 0. The summed E-state index contributed by atoms with van der Waals surface area (Å²) < 4.78 is 6.40. The third-order valence-corrected chi connectivity index (χ3v) is 2.92. The van der Waals surface area contributed by atoms with Crippen LogP contribution in [0.5, 0.6) is 0 Å². The second-order valence-electron chi connectivity index (χ2n) is 3.57. The van der Waals surface area contributed by atoms with Crippen molar-refractivity contribution in [2.24, 2.45) is 0 Å². The van der Waals surface area contributed by atoms with Gasteiger partial charge >= 0.3 is 0 Å². The molecule has 1 aliphatic rings. The summed E-state index contributed by atoms with van der Waals surface area (Å²) >= 11 is 3.38. The van der Waals surface area contributed by atoms with Gasteiger partial charge in [0.2, 0.25) is 0 Å². The highest BCUT2D eigenvalue weighted by Gasteiger charge is 2.09. The molecule has 1 saturated heterocycles. The second kappa shape index (κ2) is 4.96. The van der Waals surface area contributed by atoms with E-state index in [1.54, 1.807) is 6.26 Å². The fourth-order valence-corrected chi connectivity index (χ4v) is 2.04. The maximum atomic E-state index is 5.37. The molecule has 14 heavy (non-hydrogen) atoms. The molecule has 0 unspecified atom stereocenters. The number of furan rings is 1. The zero-order valence-corrected chi connectivity index (χ0v) is 9.72. The first kappa shape index (κ1) is 10.2. The van der Waals surface area contributed by atoms with Gasteiger partial charge in [-0.3, -0.25) is 0 Å². The number of hydrogen-bond acceptors (Lipinski definition) is 3. The van der Waals surface area contributed by atoms with Crippen molar-refractivity contribution in [2.45, 2.75) is 6.42 Å². The molecule has 0 saturated carbocycles. The van der Waals surface area contributed by atoms with E-state index in [1.165, 1.54) is 0 Å². The van der Waals surface area contributed by atoms with Crippen molar-refractivity contribution in [2.75, 3.05) is 32.7 Å². The van der Waals surface area contributed by atoms with Crippen molar-refractivity contribution in [1.29, 1.82) is 0 Å². The van der Waals surface area contributed by atoms with Gasteiger partial charge in [0, 0.05) is 39.1 Å². The van der Waals surface area contributed by atoms with Crippen molar-refractivity contribution in [1.82, 2.24) is 10.2 Å². The highest BCUT2D eigenvalue weighted by atomic mass is 79.9. The Kier molecular flexibility index (Phi) is 3.61. The van der Waals surface area contributed by atoms with Gasteiger partial charge in [-0.25, -0.2) is 0 Å². The van der Waals surface area contributed by atoms with Crippen LogP contribution in [0.25, 0.3) is 0 Å². The number of piperazine rings is 1. The minimum Gasteiger partial charge on any atom is -0.468 e. The van der Waals surface area contributed by atoms with E-state index >= 15 is 0 Å². The third-order valence-electron chi connectivity index (χ3n) is 2.51. The number of rotatable bonds is 3. The van der Waals surface area contributed by atoms with Crippen molar-refractivity contribution in [3.05, 3.63) is 22.6 Å². The Morgan fingerprint density at radius 1 is 1.43 bits per heavy atom. The van der Waals surface area contributed by atoms with Crippen LogP contribution in [0.4, 0.5) is 0 Å². The molecule has 4 heteroatoms. The Hall–Kier alpha value is -0.320. The minimum atomic E-state index is 1.01. The van der Waals surface area contributed by atoms with Gasteiger partial charge in [-0.15, -0.1) is 0 Å². The zero-order valence-electron chi connectivity index (χ0n) is 8.13. The molecule has 0 aromatic carbocycles. The van der Waals surface area contributed by atoms with Crippen LogP contribution >= 0.6 is 15.9 Å². The smallest absolute Gasteiger partial charge is 0.106 e. The van der Waals surface area contributed by atoms with Gasteiger partial charge in [0.25, 0.3) is 0 Å². The van der Waals surface area contributed by atoms with Crippen molar-refractivity contribution in [3.8, 4) is 0 Å². The molecular weight excluding hydrogens is 244 g/mol. The average Bonchev–Trinajstić information content (AvgIpc) is 2.63. The number of nitrogens with zero attached hydrogens (tertiary/aromatic N) is 1. The molecule has 0 bridgehead atoms. The van der Waals surface area contributed by atoms with E-state index in [4.69, 9.17) is 4.42 Å². The molecule has 1 fully saturated rings. The summed E-state index contributed by atoms with van der Waals surface area (Å²) in [6.45, 7) is 5.63. The van der Waals surface area contributed by atoms with Crippen LogP contribution in [0.2, 0.25) is 0 Å². The normalized spacial score (nSPS) is 18.6. The molecule has 0 atom stereocenters. The standard InChI is InChI=1S/C10H15BrN2O/c11-9-7-10(14-8-9)1-4-13-5-2-12-3-6-13/h7-8,12H,1-6H2. The first-order chi connectivity index (χ1) is 6.84. The SMILES string of the molecule is Brc1coc(CCN2CCNCC2)c1. The fourth-order valence-electron chi connectivity index (χ4n) is 1.69. The second-order valence-corrected chi connectivity index (χ2v) is 4.49. The topological polar surface area (TPSA) is 28.4 Å². The molecular formula is C10H15BrN2O. The summed E-state index contributed by atoms with van der Waals surface area (Å²) in [5.74, 6) is 1.07. The van der Waals surface area contributed by atoms with Crippen LogP contribution in [-0.4, -0.2) is 37.6 Å². The molecule has 1 aromatic rings. The largest absolute Gasteiger partial charge is 0.468 e. The summed E-state index contributed by atoms with van der Waals surface area (Å²) in [4.78, 5) is 2.47. The summed E-state index contributed by atoms with van der Waals surface area (Å²) in [6, 6.07) is 2.04. The highest BCUT2D eigenvalue weighted by molar-refractivity contribution is 9.10. The van der Waals surface area contributed by atoms with Crippen molar-refractivity contribution >= 4 is 15.9 Å². The Morgan fingerprint density at radius 3 is 2.86 bits per heavy atom. The lowest BCUT2D eigenvalue weighted by Crippen LogP contribution is -2.44. The first-order valence-corrected chi connectivity index (χ1v) is 5.80. The van der Waals surface area contributed by atoms with Gasteiger partial charge in [0.1, 0.15) is 12.0 Å². The lowest BCUT2D eigenvalue weighted by molar-refractivity contribution is 0.239. The summed E-state index contributed by atoms with van der Waals surface area (Å²) in [5, 5.41) is 3.34. The molecule has 2 heterocycles. The Bertz CT molecular complexity index is 281. The van der Waals surface area contributed by atoms with Crippen LogP contribution in [0.1, 0.15) is 5.76 Å². The van der Waals surface area contributed by atoms with E-state index in [-0.39, 0.29) is 0 Å². The molecule has 3 nitrogen and oxygen atoms in total. The molecule has 0 spiro atoms. The van der Waals surface area contributed by atoms with Crippen LogP contribution in [0, 0.1) is 0 Å². The Morgan fingerprint density at radius 2 is 2.21 bits per heavy atom. The lowest BCUT2D eigenvalue weighted by atomic mass is 10.3. The number of hydrogen-bond donors (Lipinski definition) is 1. The summed E-state index contributed by atoms with van der Waals surface area (Å²) in [6.07, 6.45) is 2.75. The van der Waals surface area contributed by atoms with E-state index in [0.717, 1.165) is 49.4 Å². The van der Waals surface area contributed by atoms with Gasteiger partial charge in [0.05, 0.1) is 4.47 Å². The van der Waals surface area contributed by atoms with Crippen LogP contribution in [0.3, 0.4) is 0 Å². The molecule has 0 radical (unpaired) electrons. The maximum absolute atomic E-state index is 5.37. The van der Waals surface area contributed by atoms with Gasteiger partial charge in [-0.05, 0) is 22.0 Å². The van der Waals surface area contributed by atoms with Gasteiger partial charge < -0.3 is 14.6 Å². The summed E-state index contributed by atoms with van der Waals surface area (Å²) in [7, 11) is 0. The van der Waals surface area contributed by atoms with E-state index in [2.05, 4.69) is 26.1 Å². The average molecular weight is 259 g/mol. The molecule has 0 aliphatic carbocycles. The van der Waals surface area contributed by atoms with Crippen molar-refractivity contribution < 1.29 is 4.42 Å². The van der Waals surface area contributed by atoms with Crippen molar-refractivity contribution in [3.63, 3.8) is 0 Å². The van der Waals surface area contributed by atoms with Crippen LogP contribution in [0.15, 0.2) is 21.2 Å². The van der Waals surface area contributed by atoms with Gasteiger partial charge in [0.15, 0.2) is 0 Å². The third kappa shape index (κ3) is 2.83. The van der Waals surface area contributed by atoms with Gasteiger partial charge in [-0.1, -0.05) is 0 Å². The van der Waals surface area contributed by atoms with E-state index < -0.39 is 0 Å². The van der Waals surface area contributed by atoms with Crippen LogP contribution in [-0.2, 0) is 6.42 Å². The molecule has 1 aromatic heterocycles. The Balaban J connectivity index is 1.76. The highest BCUT2D eigenvalue weighted by Crippen LogP contribution is 2.14. The predicted octanol–water partition coefficient (Wildman–Crippen LogP) is 1.49. The molecule has 1 aliphatic heterocycles. The van der Waals surface area contributed by atoms with Gasteiger partial charge in [-0.2, -0.15) is 0 Å². The van der Waals surface area contributed by atoms with E-state index in [0.29, 0.717) is 0 Å². The minimum absolute atomic E-state index is 1.01. The molecule has 2 rings (SSSR count). The number of halogens is 1. The van der Waals surface area contributed by atoms with E-state index in [1.807, 2.05) is 6.07 Å². The maximum Gasteiger partial charge on any atom is 0.106 e. The predicted molar refractivity (Wildman–Crippen MR) is 59.4 cm³/mol. The molecule has 0 amide bonds. The van der Waals surface area contributed by atoms with Crippen LogP contribution < -0.4 is 5.32 Å². The molecule has 78 valence electrons. The molecule has 1 N–H and O–H groups in total. The number of nitrogens with one attached hydrogen (secondary N) is 1. The monoisotopic (exact) mass is 258 g/mol.